The third kappa shape index (κ3) is 4.03. The van der Waals surface area contributed by atoms with Crippen LogP contribution in [0.2, 0.25) is 0 Å². The van der Waals surface area contributed by atoms with E-state index in [0.29, 0.717) is 12.4 Å². The standard InChI is InChI=1S/C29H20N6OS/c1-2-5-18(6-3-1)17-36-20-11-19(14-30-15-20)24-13-23-26(16-32-24)34-35-28(23)25-12-22-21(27-7-4-10-37-27)8-9-31-29(22)33-25/h1-16H,17H2,(H,31,33)(H,34,35). The summed E-state index contributed by atoms with van der Waals surface area (Å²) >= 11 is 1.72. The third-order valence-electron chi connectivity index (χ3n) is 6.28. The van der Waals surface area contributed by atoms with Gasteiger partial charge in [0.25, 0.3) is 0 Å². The number of benzene rings is 1. The van der Waals surface area contributed by atoms with Gasteiger partial charge in [-0.05, 0) is 41.3 Å². The molecule has 6 aromatic heterocycles. The topological polar surface area (TPSA) is 92.4 Å². The first-order valence-electron chi connectivity index (χ1n) is 11.8. The summed E-state index contributed by atoms with van der Waals surface area (Å²) in [6.45, 7) is 0.478. The number of fused-ring (bicyclic) bond motifs is 2. The van der Waals surface area contributed by atoms with Gasteiger partial charge < -0.3 is 9.72 Å². The Labute approximate surface area is 215 Å². The minimum absolute atomic E-state index is 0.478. The van der Waals surface area contributed by atoms with Gasteiger partial charge in [0.1, 0.15) is 23.7 Å². The van der Waals surface area contributed by atoms with Crippen LogP contribution >= 0.6 is 11.3 Å². The lowest BCUT2D eigenvalue weighted by molar-refractivity contribution is 0.305. The van der Waals surface area contributed by atoms with Crippen LogP contribution < -0.4 is 4.74 Å². The van der Waals surface area contributed by atoms with Crippen molar-refractivity contribution in [2.45, 2.75) is 6.61 Å². The Balaban J connectivity index is 1.24. The minimum Gasteiger partial charge on any atom is -0.487 e. The lowest BCUT2D eigenvalue weighted by Gasteiger charge is -2.08. The molecule has 0 atom stereocenters. The van der Waals surface area contributed by atoms with Crippen molar-refractivity contribution in [2.24, 2.45) is 0 Å². The smallest absolute Gasteiger partial charge is 0.138 e. The number of rotatable bonds is 6. The van der Waals surface area contributed by atoms with E-state index < -0.39 is 0 Å². The van der Waals surface area contributed by atoms with Crippen LogP contribution in [-0.2, 0) is 6.61 Å². The number of nitrogens with zero attached hydrogens (tertiary/aromatic N) is 4. The molecule has 0 spiro atoms. The largest absolute Gasteiger partial charge is 0.487 e. The molecule has 0 fully saturated rings. The van der Waals surface area contributed by atoms with Crippen LogP contribution in [0.25, 0.3) is 55.0 Å². The molecule has 0 aliphatic rings. The van der Waals surface area contributed by atoms with Crippen LogP contribution in [0.5, 0.6) is 5.75 Å². The van der Waals surface area contributed by atoms with E-state index in [1.807, 2.05) is 48.7 Å². The molecule has 0 aliphatic carbocycles. The molecular weight excluding hydrogens is 480 g/mol. The fraction of sp³-hybridized carbons (Fsp3) is 0.0345. The Hall–Kier alpha value is -4.82. The van der Waals surface area contributed by atoms with E-state index in [1.54, 1.807) is 29.9 Å². The van der Waals surface area contributed by atoms with Gasteiger partial charge in [-0.3, -0.25) is 15.1 Å². The highest BCUT2D eigenvalue weighted by Crippen LogP contribution is 2.35. The molecule has 0 aliphatic heterocycles. The Morgan fingerprint density at radius 2 is 1.81 bits per heavy atom. The number of aromatic amines is 2. The van der Waals surface area contributed by atoms with Gasteiger partial charge in [0.15, 0.2) is 0 Å². The number of nitrogens with one attached hydrogen (secondary N) is 2. The minimum atomic E-state index is 0.478. The van der Waals surface area contributed by atoms with Gasteiger partial charge in [0.05, 0.1) is 29.3 Å². The van der Waals surface area contributed by atoms with E-state index >= 15 is 0 Å². The maximum Gasteiger partial charge on any atom is 0.138 e. The van der Waals surface area contributed by atoms with Gasteiger partial charge in [-0.1, -0.05) is 36.4 Å². The molecule has 0 radical (unpaired) electrons. The molecule has 7 aromatic rings. The first-order valence-corrected chi connectivity index (χ1v) is 12.7. The maximum absolute atomic E-state index is 5.98. The summed E-state index contributed by atoms with van der Waals surface area (Å²) in [7, 11) is 0. The summed E-state index contributed by atoms with van der Waals surface area (Å²) in [5.74, 6) is 0.693. The molecular formula is C29H20N6OS. The molecule has 2 N–H and O–H groups in total. The number of thiophene rings is 1. The zero-order valence-electron chi connectivity index (χ0n) is 19.6. The SMILES string of the molecule is c1ccc(COc2cncc(-c3cc4c(-c5cc6c(-c7cccs7)ccnc6[nH]5)n[nH]c4cn3)c2)cc1. The third-order valence-corrected chi connectivity index (χ3v) is 7.18. The van der Waals surface area contributed by atoms with Crippen molar-refractivity contribution in [3.63, 3.8) is 0 Å². The normalized spacial score (nSPS) is 11.4. The monoisotopic (exact) mass is 500 g/mol. The van der Waals surface area contributed by atoms with E-state index in [2.05, 4.69) is 59.8 Å². The highest BCUT2D eigenvalue weighted by atomic mass is 32.1. The van der Waals surface area contributed by atoms with Crippen molar-refractivity contribution in [1.29, 1.82) is 0 Å². The molecule has 178 valence electrons. The number of hydrogen-bond donors (Lipinski definition) is 2. The van der Waals surface area contributed by atoms with Gasteiger partial charge in [-0.15, -0.1) is 11.3 Å². The van der Waals surface area contributed by atoms with E-state index in [1.165, 1.54) is 4.88 Å². The molecule has 37 heavy (non-hydrogen) atoms. The maximum atomic E-state index is 5.98. The molecule has 0 saturated heterocycles. The second-order valence-corrected chi connectivity index (χ2v) is 9.60. The summed E-state index contributed by atoms with van der Waals surface area (Å²) in [5, 5.41) is 11.8. The lowest BCUT2D eigenvalue weighted by atomic mass is 10.1. The van der Waals surface area contributed by atoms with Gasteiger partial charge in [0, 0.05) is 39.2 Å². The number of hydrogen-bond acceptors (Lipinski definition) is 6. The molecule has 7 nitrogen and oxygen atoms in total. The average molecular weight is 501 g/mol. The first-order chi connectivity index (χ1) is 18.3. The summed E-state index contributed by atoms with van der Waals surface area (Å²) in [5.41, 5.74) is 7.33. The van der Waals surface area contributed by atoms with Gasteiger partial charge in [-0.25, -0.2) is 4.98 Å². The van der Waals surface area contributed by atoms with Crippen molar-refractivity contribution >= 4 is 33.3 Å². The van der Waals surface area contributed by atoms with E-state index in [0.717, 1.165) is 55.7 Å². The lowest BCUT2D eigenvalue weighted by Crippen LogP contribution is -1.96. The van der Waals surface area contributed by atoms with E-state index in [-0.39, 0.29) is 0 Å². The predicted octanol–water partition coefficient (Wildman–Crippen LogP) is 6.87. The Morgan fingerprint density at radius 1 is 0.865 bits per heavy atom. The Bertz CT molecular complexity index is 1840. The van der Waals surface area contributed by atoms with Crippen LogP contribution in [0.15, 0.2) is 96.9 Å². The molecule has 0 saturated carbocycles. The van der Waals surface area contributed by atoms with Crippen LogP contribution in [0.3, 0.4) is 0 Å². The second-order valence-electron chi connectivity index (χ2n) is 8.65. The Kier molecular flexibility index (Phi) is 5.22. The number of aromatic nitrogens is 6. The summed E-state index contributed by atoms with van der Waals surface area (Å²) in [4.78, 5) is 18.2. The Morgan fingerprint density at radius 3 is 2.70 bits per heavy atom. The van der Waals surface area contributed by atoms with Crippen molar-refractivity contribution in [1.82, 2.24) is 30.1 Å². The number of ether oxygens (including phenoxy) is 1. The second kappa shape index (κ2) is 9.00. The van der Waals surface area contributed by atoms with Crippen molar-refractivity contribution in [3.05, 3.63) is 102 Å². The van der Waals surface area contributed by atoms with E-state index in [9.17, 15) is 0 Å². The molecule has 0 bridgehead atoms. The number of H-pyrrole nitrogens is 2. The predicted molar refractivity (Wildman–Crippen MR) is 146 cm³/mol. The van der Waals surface area contributed by atoms with Crippen LogP contribution in [0.4, 0.5) is 0 Å². The van der Waals surface area contributed by atoms with Crippen molar-refractivity contribution in [2.75, 3.05) is 0 Å². The average Bonchev–Trinajstić information content (AvgIpc) is 3.71. The van der Waals surface area contributed by atoms with Crippen molar-refractivity contribution < 1.29 is 4.74 Å². The van der Waals surface area contributed by atoms with Gasteiger partial charge in [-0.2, -0.15) is 5.10 Å². The zero-order chi connectivity index (χ0) is 24.6. The molecule has 8 heteroatoms. The molecule has 0 amide bonds. The van der Waals surface area contributed by atoms with Gasteiger partial charge >= 0.3 is 0 Å². The van der Waals surface area contributed by atoms with Crippen LogP contribution in [-0.4, -0.2) is 30.1 Å². The van der Waals surface area contributed by atoms with Gasteiger partial charge in [0.2, 0.25) is 0 Å². The summed E-state index contributed by atoms with van der Waals surface area (Å²) < 4.78 is 5.98. The van der Waals surface area contributed by atoms with Crippen molar-refractivity contribution in [3.8, 4) is 38.8 Å². The highest BCUT2D eigenvalue weighted by Gasteiger charge is 2.16. The van der Waals surface area contributed by atoms with Crippen LogP contribution in [0, 0.1) is 0 Å². The van der Waals surface area contributed by atoms with E-state index in [4.69, 9.17) is 4.74 Å². The molecule has 1 aromatic carbocycles. The number of pyridine rings is 3. The molecule has 0 unspecified atom stereocenters. The first kappa shape index (κ1) is 21.5. The quantitative estimate of drug-likeness (QED) is 0.260. The summed E-state index contributed by atoms with van der Waals surface area (Å²) in [6, 6.07) is 22.4. The molecule has 7 rings (SSSR count). The fourth-order valence-corrected chi connectivity index (χ4v) is 5.23. The van der Waals surface area contributed by atoms with Crippen LogP contribution in [0.1, 0.15) is 5.56 Å². The fourth-order valence-electron chi connectivity index (χ4n) is 4.46. The zero-order valence-corrected chi connectivity index (χ0v) is 20.4. The molecule has 6 heterocycles. The summed E-state index contributed by atoms with van der Waals surface area (Å²) in [6.07, 6.45) is 7.15. The highest BCUT2D eigenvalue weighted by molar-refractivity contribution is 7.13.